The lowest BCUT2D eigenvalue weighted by atomic mass is 10.1. The second-order valence-corrected chi connectivity index (χ2v) is 5.29. The van der Waals surface area contributed by atoms with Crippen LogP contribution in [0.5, 0.6) is 0 Å². The molecule has 4 heteroatoms. The number of fused-ring (bicyclic) bond motifs is 1. The highest BCUT2D eigenvalue weighted by Crippen LogP contribution is 2.30. The number of anilines is 1. The van der Waals surface area contributed by atoms with Gasteiger partial charge < -0.3 is 14.6 Å². The van der Waals surface area contributed by atoms with Crippen LogP contribution in [0.3, 0.4) is 0 Å². The standard InChI is InChI=1S/C17H17N3O/c1-2-4-13(5-3-1)16-12-20(10-11-21-16)15-7-9-19-17-14(15)6-8-18-17/h1-9,16H,10-12H2,(H,18,19). The van der Waals surface area contributed by atoms with Gasteiger partial charge in [0.1, 0.15) is 11.8 Å². The minimum absolute atomic E-state index is 0.127. The van der Waals surface area contributed by atoms with Gasteiger partial charge in [-0.05, 0) is 17.7 Å². The molecule has 1 atom stereocenters. The topological polar surface area (TPSA) is 41.2 Å². The Hall–Kier alpha value is -2.33. The summed E-state index contributed by atoms with van der Waals surface area (Å²) in [6.07, 6.45) is 3.93. The van der Waals surface area contributed by atoms with Crippen LogP contribution in [0, 0.1) is 0 Å². The maximum absolute atomic E-state index is 5.94. The molecule has 1 fully saturated rings. The van der Waals surface area contributed by atoms with E-state index in [1.807, 2.05) is 18.5 Å². The summed E-state index contributed by atoms with van der Waals surface area (Å²) in [5.74, 6) is 0. The van der Waals surface area contributed by atoms with Gasteiger partial charge in [-0.3, -0.25) is 0 Å². The summed E-state index contributed by atoms with van der Waals surface area (Å²) in [6.45, 7) is 2.52. The van der Waals surface area contributed by atoms with E-state index in [2.05, 4.69) is 51.3 Å². The fourth-order valence-electron chi connectivity index (χ4n) is 2.96. The normalized spacial score (nSPS) is 19.0. The van der Waals surface area contributed by atoms with Gasteiger partial charge in [-0.15, -0.1) is 0 Å². The second kappa shape index (κ2) is 5.22. The van der Waals surface area contributed by atoms with Gasteiger partial charge in [0.2, 0.25) is 0 Å². The average Bonchev–Trinajstić information content (AvgIpc) is 3.04. The van der Waals surface area contributed by atoms with E-state index in [1.165, 1.54) is 16.6 Å². The number of nitrogens with one attached hydrogen (secondary N) is 1. The summed E-state index contributed by atoms with van der Waals surface area (Å²) < 4.78 is 5.94. The smallest absolute Gasteiger partial charge is 0.139 e. The molecular weight excluding hydrogens is 262 g/mol. The van der Waals surface area contributed by atoms with Crippen molar-refractivity contribution in [2.24, 2.45) is 0 Å². The first kappa shape index (κ1) is 12.4. The van der Waals surface area contributed by atoms with E-state index in [-0.39, 0.29) is 6.10 Å². The predicted octanol–water partition coefficient (Wildman–Crippen LogP) is 3.14. The SMILES string of the molecule is c1ccc(C2CN(c3ccnc4[nH]ccc34)CCO2)cc1. The molecule has 1 unspecified atom stereocenters. The fraction of sp³-hybridized carbons (Fsp3) is 0.235. The van der Waals surface area contributed by atoms with Crippen molar-refractivity contribution in [1.82, 2.24) is 9.97 Å². The number of H-pyrrole nitrogens is 1. The van der Waals surface area contributed by atoms with Crippen LogP contribution in [-0.2, 0) is 4.74 Å². The highest BCUT2D eigenvalue weighted by Gasteiger charge is 2.23. The molecule has 0 spiro atoms. The monoisotopic (exact) mass is 279 g/mol. The zero-order valence-electron chi connectivity index (χ0n) is 11.7. The van der Waals surface area contributed by atoms with E-state index in [1.54, 1.807) is 0 Å². The molecule has 2 aromatic heterocycles. The Labute approximate surface area is 123 Å². The molecule has 21 heavy (non-hydrogen) atoms. The van der Waals surface area contributed by atoms with E-state index in [9.17, 15) is 0 Å². The highest BCUT2D eigenvalue weighted by molar-refractivity contribution is 5.89. The van der Waals surface area contributed by atoms with Gasteiger partial charge in [0, 0.05) is 36.6 Å². The molecule has 0 aliphatic carbocycles. The van der Waals surface area contributed by atoms with E-state index in [0.717, 1.165) is 25.3 Å². The lowest BCUT2D eigenvalue weighted by molar-refractivity contribution is 0.0399. The number of hydrogen-bond acceptors (Lipinski definition) is 3. The predicted molar refractivity (Wildman–Crippen MR) is 83.4 cm³/mol. The molecule has 106 valence electrons. The Morgan fingerprint density at radius 3 is 2.95 bits per heavy atom. The van der Waals surface area contributed by atoms with Crippen LogP contribution in [-0.4, -0.2) is 29.7 Å². The largest absolute Gasteiger partial charge is 0.370 e. The number of ether oxygens (including phenoxy) is 1. The van der Waals surface area contributed by atoms with Gasteiger partial charge >= 0.3 is 0 Å². The Morgan fingerprint density at radius 2 is 2.05 bits per heavy atom. The molecular formula is C17H17N3O. The molecule has 3 heterocycles. The van der Waals surface area contributed by atoms with E-state index in [0.29, 0.717) is 0 Å². The third-order valence-corrected chi connectivity index (χ3v) is 4.02. The number of aromatic amines is 1. The summed E-state index contributed by atoms with van der Waals surface area (Å²) in [6, 6.07) is 14.6. The molecule has 1 aliphatic rings. The Balaban J connectivity index is 1.65. The number of pyridine rings is 1. The highest BCUT2D eigenvalue weighted by atomic mass is 16.5. The van der Waals surface area contributed by atoms with Gasteiger partial charge in [-0.2, -0.15) is 0 Å². The molecule has 1 aliphatic heterocycles. The molecule has 1 aromatic carbocycles. The Bertz CT molecular complexity index is 738. The van der Waals surface area contributed by atoms with Crippen molar-refractivity contribution in [2.45, 2.75) is 6.10 Å². The van der Waals surface area contributed by atoms with Gasteiger partial charge in [-0.1, -0.05) is 30.3 Å². The minimum atomic E-state index is 0.127. The number of hydrogen-bond donors (Lipinski definition) is 1. The first-order valence-corrected chi connectivity index (χ1v) is 7.25. The van der Waals surface area contributed by atoms with Crippen LogP contribution in [0.15, 0.2) is 54.9 Å². The van der Waals surface area contributed by atoms with Crippen molar-refractivity contribution in [1.29, 1.82) is 0 Å². The molecule has 0 amide bonds. The number of benzene rings is 1. The van der Waals surface area contributed by atoms with Crippen molar-refractivity contribution in [2.75, 3.05) is 24.6 Å². The van der Waals surface area contributed by atoms with Crippen molar-refractivity contribution < 1.29 is 4.74 Å². The van der Waals surface area contributed by atoms with E-state index < -0.39 is 0 Å². The molecule has 4 rings (SSSR count). The van der Waals surface area contributed by atoms with E-state index in [4.69, 9.17) is 4.74 Å². The summed E-state index contributed by atoms with van der Waals surface area (Å²) in [5.41, 5.74) is 3.40. The maximum Gasteiger partial charge on any atom is 0.139 e. The molecule has 0 radical (unpaired) electrons. The van der Waals surface area contributed by atoms with Crippen molar-refractivity contribution in [3.63, 3.8) is 0 Å². The lowest BCUT2D eigenvalue weighted by Gasteiger charge is -2.35. The minimum Gasteiger partial charge on any atom is -0.370 e. The van der Waals surface area contributed by atoms with Gasteiger partial charge in [0.15, 0.2) is 0 Å². The molecule has 1 N–H and O–H groups in total. The average molecular weight is 279 g/mol. The zero-order chi connectivity index (χ0) is 14.1. The summed E-state index contributed by atoms with van der Waals surface area (Å²) in [4.78, 5) is 9.92. The molecule has 0 saturated carbocycles. The number of rotatable bonds is 2. The quantitative estimate of drug-likeness (QED) is 0.783. The molecule has 3 aromatic rings. The van der Waals surface area contributed by atoms with Gasteiger partial charge in [0.05, 0.1) is 6.61 Å². The van der Waals surface area contributed by atoms with Gasteiger partial charge in [0.25, 0.3) is 0 Å². The second-order valence-electron chi connectivity index (χ2n) is 5.29. The lowest BCUT2D eigenvalue weighted by Crippen LogP contribution is -2.38. The van der Waals surface area contributed by atoms with Crippen molar-refractivity contribution in [3.8, 4) is 0 Å². The van der Waals surface area contributed by atoms with Crippen LogP contribution in [0.1, 0.15) is 11.7 Å². The Morgan fingerprint density at radius 1 is 1.14 bits per heavy atom. The molecule has 0 bridgehead atoms. The summed E-state index contributed by atoms with van der Waals surface area (Å²) in [5, 5.41) is 1.17. The number of morpholine rings is 1. The van der Waals surface area contributed by atoms with Crippen LogP contribution in [0.2, 0.25) is 0 Å². The molecule has 4 nitrogen and oxygen atoms in total. The van der Waals surface area contributed by atoms with E-state index >= 15 is 0 Å². The zero-order valence-corrected chi connectivity index (χ0v) is 11.7. The summed E-state index contributed by atoms with van der Waals surface area (Å²) in [7, 11) is 0. The number of aromatic nitrogens is 2. The van der Waals surface area contributed by atoms with Crippen LogP contribution >= 0.6 is 0 Å². The van der Waals surface area contributed by atoms with Crippen LogP contribution in [0.4, 0.5) is 5.69 Å². The first-order valence-electron chi connectivity index (χ1n) is 7.25. The molecule has 1 saturated heterocycles. The maximum atomic E-state index is 5.94. The van der Waals surface area contributed by atoms with Crippen molar-refractivity contribution >= 4 is 16.7 Å². The summed E-state index contributed by atoms with van der Waals surface area (Å²) >= 11 is 0. The third kappa shape index (κ3) is 2.28. The number of nitrogens with zero attached hydrogens (tertiary/aromatic N) is 2. The first-order chi connectivity index (χ1) is 10.4. The fourth-order valence-corrected chi connectivity index (χ4v) is 2.96. The third-order valence-electron chi connectivity index (χ3n) is 4.02. The van der Waals surface area contributed by atoms with Crippen molar-refractivity contribution in [3.05, 3.63) is 60.4 Å². The van der Waals surface area contributed by atoms with Gasteiger partial charge in [-0.25, -0.2) is 4.98 Å². The Kier molecular flexibility index (Phi) is 3.09. The van der Waals surface area contributed by atoms with Crippen LogP contribution < -0.4 is 4.90 Å². The van der Waals surface area contributed by atoms with Crippen LogP contribution in [0.25, 0.3) is 11.0 Å².